The van der Waals surface area contributed by atoms with Crippen LogP contribution in [0.25, 0.3) is 0 Å². The molecule has 0 aliphatic heterocycles. The van der Waals surface area contributed by atoms with E-state index in [1.807, 2.05) is 0 Å². The lowest BCUT2D eigenvalue weighted by atomic mass is 10.1. The van der Waals surface area contributed by atoms with Gasteiger partial charge in [-0.15, -0.1) is 0 Å². The first kappa shape index (κ1) is 12.4. The summed E-state index contributed by atoms with van der Waals surface area (Å²) in [6.45, 7) is 2.08. The van der Waals surface area contributed by atoms with Crippen LogP contribution in [0, 0.1) is 0 Å². The minimum absolute atomic E-state index is 0.0912. The van der Waals surface area contributed by atoms with Gasteiger partial charge in [-0.3, -0.25) is 0 Å². The van der Waals surface area contributed by atoms with Crippen LogP contribution in [-0.2, 0) is 4.79 Å². The summed E-state index contributed by atoms with van der Waals surface area (Å²) in [7, 11) is 0. The van der Waals surface area contributed by atoms with Crippen molar-refractivity contribution in [3.63, 3.8) is 0 Å². The smallest absolute Gasteiger partial charge is 0.364 e. The summed E-state index contributed by atoms with van der Waals surface area (Å²) >= 11 is 0. The van der Waals surface area contributed by atoms with Gasteiger partial charge in [0.1, 0.15) is 0 Å². The second-order valence-corrected chi connectivity index (χ2v) is 3.29. The van der Waals surface area contributed by atoms with Crippen LogP contribution in [0.2, 0.25) is 0 Å². The van der Waals surface area contributed by atoms with Crippen LogP contribution in [0.3, 0.4) is 0 Å². The third-order valence-corrected chi connectivity index (χ3v) is 1.97. The van der Waals surface area contributed by atoms with Gasteiger partial charge in [0.15, 0.2) is 0 Å². The monoisotopic (exact) mass is 190 g/mol. The second-order valence-electron chi connectivity index (χ2n) is 3.29. The second kappa shape index (κ2) is 5.94. The number of carbonyl (C=O) groups is 1. The molecule has 0 rings (SSSR count). The molecule has 0 aliphatic carbocycles. The van der Waals surface area contributed by atoms with E-state index < -0.39 is 11.8 Å². The van der Waals surface area contributed by atoms with E-state index in [9.17, 15) is 4.79 Å². The fraction of sp³-hybridized carbons (Fsp3) is 0.889. The first-order valence-corrected chi connectivity index (χ1v) is 4.69. The van der Waals surface area contributed by atoms with Gasteiger partial charge >= 0.3 is 5.97 Å². The Morgan fingerprint density at radius 1 is 1.15 bits per heavy atom. The highest BCUT2D eigenvalue weighted by Crippen LogP contribution is 2.13. The van der Waals surface area contributed by atoms with Gasteiger partial charge in [-0.2, -0.15) is 0 Å². The molecule has 0 saturated carbocycles. The maximum Gasteiger partial charge on any atom is 0.364 e. The molecule has 0 aromatic carbocycles. The van der Waals surface area contributed by atoms with Gasteiger partial charge in [0, 0.05) is 6.42 Å². The van der Waals surface area contributed by atoms with Crippen LogP contribution < -0.4 is 0 Å². The third-order valence-electron chi connectivity index (χ3n) is 1.97. The summed E-state index contributed by atoms with van der Waals surface area (Å²) < 4.78 is 0. The van der Waals surface area contributed by atoms with E-state index in [1.54, 1.807) is 0 Å². The normalized spacial score (nSPS) is 11.6. The molecule has 78 valence electrons. The van der Waals surface area contributed by atoms with Gasteiger partial charge in [0.05, 0.1) is 0 Å². The van der Waals surface area contributed by atoms with Crippen LogP contribution in [0.15, 0.2) is 0 Å². The average Bonchev–Trinajstić information content (AvgIpc) is 2.03. The van der Waals surface area contributed by atoms with Crippen LogP contribution in [0.4, 0.5) is 0 Å². The molecule has 0 amide bonds. The number of aliphatic hydroxyl groups is 2. The zero-order chi connectivity index (χ0) is 10.3. The molecule has 0 radical (unpaired) electrons. The number of hydrogen-bond donors (Lipinski definition) is 3. The van der Waals surface area contributed by atoms with E-state index >= 15 is 0 Å². The van der Waals surface area contributed by atoms with Crippen molar-refractivity contribution in [1.29, 1.82) is 0 Å². The Kier molecular flexibility index (Phi) is 5.66. The zero-order valence-corrected chi connectivity index (χ0v) is 7.99. The van der Waals surface area contributed by atoms with Crippen molar-refractivity contribution < 1.29 is 20.1 Å². The van der Waals surface area contributed by atoms with Crippen molar-refractivity contribution in [3.8, 4) is 0 Å². The summed E-state index contributed by atoms with van der Waals surface area (Å²) in [5.41, 5.74) is 0. The van der Waals surface area contributed by atoms with E-state index in [2.05, 4.69) is 6.92 Å². The minimum atomic E-state index is -2.54. The van der Waals surface area contributed by atoms with E-state index in [0.29, 0.717) is 6.42 Å². The molecule has 0 aliphatic rings. The maximum atomic E-state index is 10.2. The molecule has 3 N–H and O–H groups in total. The summed E-state index contributed by atoms with van der Waals surface area (Å²) in [4.78, 5) is 10.2. The Bertz CT molecular complexity index is 154. The van der Waals surface area contributed by atoms with Crippen LogP contribution in [0.5, 0.6) is 0 Å². The molecule has 4 nitrogen and oxygen atoms in total. The lowest BCUT2D eigenvalue weighted by molar-refractivity contribution is -0.205. The van der Waals surface area contributed by atoms with Crippen molar-refractivity contribution in [1.82, 2.24) is 0 Å². The largest absolute Gasteiger partial charge is 0.477 e. The molecule has 13 heavy (non-hydrogen) atoms. The van der Waals surface area contributed by atoms with E-state index in [-0.39, 0.29) is 6.42 Å². The van der Waals surface area contributed by atoms with Gasteiger partial charge in [-0.05, 0) is 6.42 Å². The van der Waals surface area contributed by atoms with Gasteiger partial charge < -0.3 is 15.3 Å². The fourth-order valence-corrected chi connectivity index (χ4v) is 1.08. The molecule has 0 aromatic heterocycles. The molecule has 0 spiro atoms. The summed E-state index contributed by atoms with van der Waals surface area (Å²) in [6.07, 6.45) is 4.54. The Balaban J connectivity index is 3.46. The molecule has 0 aromatic rings. The number of hydrogen-bond acceptors (Lipinski definition) is 3. The lowest BCUT2D eigenvalue weighted by Gasteiger charge is -2.15. The van der Waals surface area contributed by atoms with Crippen LogP contribution in [0.1, 0.15) is 45.4 Å². The number of carboxylic acids is 1. The van der Waals surface area contributed by atoms with E-state index in [1.165, 1.54) is 0 Å². The number of unbranched alkanes of at least 4 members (excludes halogenated alkanes) is 4. The molecule has 0 heterocycles. The first-order valence-electron chi connectivity index (χ1n) is 4.69. The zero-order valence-electron chi connectivity index (χ0n) is 7.99. The third kappa shape index (κ3) is 5.60. The number of rotatable bonds is 7. The van der Waals surface area contributed by atoms with Crippen molar-refractivity contribution in [3.05, 3.63) is 0 Å². The van der Waals surface area contributed by atoms with Crippen LogP contribution in [-0.4, -0.2) is 27.1 Å². The highest BCUT2D eigenvalue weighted by atomic mass is 16.5. The molecule has 0 unspecified atom stereocenters. The maximum absolute atomic E-state index is 10.2. The Morgan fingerprint density at radius 3 is 2.15 bits per heavy atom. The molecule has 4 heteroatoms. The van der Waals surface area contributed by atoms with Crippen molar-refractivity contribution in [2.45, 2.75) is 51.2 Å². The van der Waals surface area contributed by atoms with Gasteiger partial charge in [0.2, 0.25) is 0 Å². The van der Waals surface area contributed by atoms with Crippen molar-refractivity contribution in [2.24, 2.45) is 0 Å². The van der Waals surface area contributed by atoms with Crippen LogP contribution >= 0.6 is 0 Å². The SMILES string of the molecule is CCCCCCCC(O)(O)C(=O)O. The summed E-state index contributed by atoms with van der Waals surface area (Å²) in [5, 5.41) is 26.2. The highest BCUT2D eigenvalue weighted by Gasteiger charge is 2.31. The quantitative estimate of drug-likeness (QED) is 0.415. The average molecular weight is 190 g/mol. The van der Waals surface area contributed by atoms with E-state index in [0.717, 1.165) is 25.7 Å². The minimum Gasteiger partial charge on any atom is -0.477 e. The van der Waals surface area contributed by atoms with Gasteiger partial charge in [0.25, 0.3) is 5.79 Å². The Hall–Kier alpha value is -0.610. The molecule has 0 fully saturated rings. The van der Waals surface area contributed by atoms with Gasteiger partial charge in [-0.25, -0.2) is 4.79 Å². The first-order chi connectivity index (χ1) is 6.00. The number of carboxylic acid groups (broad SMARTS) is 1. The predicted octanol–water partition coefficient (Wildman–Crippen LogP) is 1.11. The Morgan fingerprint density at radius 2 is 1.69 bits per heavy atom. The lowest BCUT2D eigenvalue weighted by Crippen LogP contribution is -2.37. The standard InChI is InChI=1S/C9H18O4/c1-2-3-4-5-6-7-9(12,13)8(10)11/h12-13H,2-7H2,1H3,(H,10,11). The summed E-state index contributed by atoms with van der Waals surface area (Å²) in [6, 6.07) is 0. The molecular weight excluding hydrogens is 172 g/mol. The Labute approximate surface area is 78.2 Å². The van der Waals surface area contributed by atoms with Gasteiger partial charge in [-0.1, -0.05) is 32.6 Å². The van der Waals surface area contributed by atoms with Crippen molar-refractivity contribution in [2.75, 3.05) is 0 Å². The number of aliphatic carboxylic acids is 1. The fourth-order valence-electron chi connectivity index (χ4n) is 1.08. The molecule has 0 saturated heterocycles. The molecule has 0 bridgehead atoms. The summed E-state index contributed by atoms with van der Waals surface area (Å²) in [5.74, 6) is -4.10. The highest BCUT2D eigenvalue weighted by molar-refractivity contribution is 5.74. The predicted molar refractivity (Wildman–Crippen MR) is 48.2 cm³/mol. The molecular formula is C9H18O4. The molecule has 0 atom stereocenters. The van der Waals surface area contributed by atoms with Crippen molar-refractivity contribution >= 4 is 5.97 Å². The van der Waals surface area contributed by atoms with E-state index in [4.69, 9.17) is 15.3 Å². The topological polar surface area (TPSA) is 77.8 Å².